The van der Waals surface area contributed by atoms with E-state index in [1.807, 2.05) is 0 Å². The Bertz CT molecular complexity index is 372. The number of hydrogen-bond acceptors (Lipinski definition) is 4. The van der Waals surface area contributed by atoms with Crippen molar-refractivity contribution in [1.29, 1.82) is 0 Å². The fraction of sp³-hybridized carbons (Fsp3) is 0.444. The molecule has 1 aromatic rings. The molecule has 0 saturated heterocycles. The van der Waals surface area contributed by atoms with Crippen LogP contribution in [0.1, 0.15) is 21.0 Å². The summed E-state index contributed by atoms with van der Waals surface area (Å²) in [6.07, 6.45) is 1.60. The molecule has 1 rings (SSSR count). The number of aromatic nitrogens is 2. The second kappa shape index (κ2) is 4.12. The van der Waals surface area contributed by atoms with Crippen molar-refractivity contribution < 1.29 is 23.6 Å². The van der Waals surface area contributed by atoms with E-state index in [9.17, 15) is 9.59 Å². The van der Waals surface area contributed by atoms with Crippen LogP contribution in [0.15, 0.2) is 6.33 Å². The van der Waals surface area contributed by atoms with Crippen LogP contribution in [0.4, 0.5) is 0 Å². The van der Waals surface area contributed by atoms with Gasteiger partial charge in [-0.15, -0.1) is 0 Å². The number of imidazole rings is 1. The topological polar surface area (TPSA) is 61.4 Å². The van der Waals surface area contributed by atoms with Crippen molar-refractivity contribution in [3.05, 3.63) is 17.7 Å². The summed E-state index contributed by atoms with van der Waals surface area (Å²) in [4.78, 5) is 22.8. The van der Waals surface area contributed by atoms with Gasteiger partial charge >= 0.3 is 11.9 Å². The van der Waals surface area contributed by atoms with Gasteiger partial charge in [0, 0.05) is 0 Å². The summed E-state index contributed by atoms with van der Waals surface area (Å²) in [6, 6.07) is 0. The smallest absolute Gasteiger partial charge is 0.383 e. The van der Waals surface area contributed by atoms with Gasteiger partial charge in [0.05, 0.1) is 28.3 Å². The summed E-state index contributed by atoms with van der Waals surface area (Å²) in [5.74, 6) is -1.14. The molecular weight excluding hydrogens is 200 g/mol. The number of hydrogen-bond donors (Lipinski definition) is 0. The lowest BCUT2D eigenvalue weighted by Gasteiger charge is -1.98. The zero-order valence-corrected chi connectivity index (χ0v) is 9.10. The largest absolute Gasteiger partial charge is 0.463 e. The van der Waals surface area contributed by atoms with Crippen LogP contribution in [0, 0.1) is 0 Å². The highest BCUT2D eigenvalue weighted by Crippen LogP contribution is 2.07. The van der Waals surface area contributed by atoms with Crippen LogP contribution >= 0.6 is 0 Å². The normalized spacial score (nSPS) is 9.87. The van der Waals surface area contributed by atoms with E-state index < -0.39 is 11.9 Å². The van der Waals surface area contributed by atoms with Gasteiger partial charge < -0.3 is 9.47 Å². The molecule has 0 bridgehead atoms. The van der Waals surface area contributed by atoms with Gasteiger partial charge in [0.2, 0.25) is 6.33 Å². The highest BCUT2D eigenvalue weighted by atomic mass is 16.5. The van der Waals surface area contributed by atoms with Gasteiger partial charge in [-0.25, -0.2) is 18.7 Å². The van der Waals surface area contributed by atoms with Gasteiger partial charge in [0.15, 0.2) is 0 Å². The highest BCUT2D eigenvalue weighted by Gasteiger charge is 2.32. The molecule has 15 heavy (non-hydrogen) atoms. The predicted molar refractivity (Wildman–Crippen MR) is 49.3 cm³/mol. The Kier molecular flexibility index (Phi) is 3.08. The van der Waals surface area contributed by atoms with Crippen molar-refractivity contribution in [2.75, 3.05) is 14.2 Å². The lowest BCUT2D eigenvalue weighted by molar-refractivity contribution is -0.673. The van der Waals surface area contributed by atoms with E-state index in [2.05, 4.69) is 9.47 Å². The fourth-order valence-electron chi connectivity index (χ4n) is 1.38. The lowest BCUT2D eigenvalue weighted by Crippen LogP contribution is -2.34. The molecule has 1 aromatic heterocycles. The number of aryl methyl sites for hydroxylation is 2. The van der Waals surface area contributed by atoms with E-state index in [-0.39, 0.29) is 11.4 Å². The van der Waals surface area contributed by atoms with Gasteiger partial charge in [0.1, 0.15) is 0 Å². The monoisotopic (exact) mass is 213 g/mol. The first-order chi connectivity index (χ1) is 7.02. The number of rotatable bonds is 2. The first kappa shape index (κ1) is 11.2. The minimum absolute atomic E-state index is 0.173. The molecule has 0 aliphatic carbocycles. The lowest BCUT2D eigenvalue weighted by atomic mass is 10.3. The molecule has 0 aromatic carbocycles. The fourth-order valence-corrected chi connectivity index (χ4v) is 1.38. The van der Waals surface area contributed by atoms with E-state index in [1.54, 1.807) is 20.4 Å². The SMILES string of the molecule is COC(=O)c1c(C(=O)OC)[n+](C)cn1C. The molecule has 82 valence electrons. The summed E-state index contributed by atoms with van der Waals surface area (Å²) in [5.41, 5.74) is 0.346. The van der Waals surface area contributed by atoms with E-state index >= 15 is 0 Å². The second-order valence-corrected chi connectivity index (χ2v) is 3.02. The molecule has 1 heterocycles. The maximum absolute atomic E-state index is 11.4. The van der Waals surface area contributed by atoms with E-state index in [4.69, 9.17) is 0 Å². The Balaban J connectivity index is 3.35. The summed E-state index contributed by atoms with van der Waals surface area (Å²) in [7, 11) is 5.82. The first-order valence-corrected chi connectivity index (χ1v) is 4.24. The average molecular weight is 213 g/mol. The Labute approximate surface area is 87.0 Å². The number of nitrogens with zero attached hydrogens (tertiary/aromatic N) is 2. The Morgan fingerprint density at radius 1 is 1.27 bits per heavy atom. The number of esters is 2. The van der Waals surface area contributed by atoms with Crippen LogP contribution in [-0.2, 0) is 23.6 Å². The van der Waals surface area contributed by atoms with Gasteiger partial charge in [-0.2, -0.15) is 0 Å². The Morgan fingerprint density at radius 2 is 1.80 bits per heavy atom. The highest BCUT2D eigenvalue weighted by molar-refractivity contribution is 5.99. The molecule has 6 heteroatoms. The summed E-state index contributed by atoms with van der Waals surface area (Å²) >= 11 is 0. The van der Waals surface area contributed by atoms with Crippen LogP contribution in [0.3, 0.4) is 0 Å². The Hall–Kier alpha value is -1.85. The molecule has 0 amide bonds. The molecule has 0 atom stereocenters. The molecule has 0 aliphatic heterocycles. The number of ether oxygens (including phenoxy) is 2. The standard InChI is InChI=1S/C9H13N2O4/c1-10-5-11(2)7(9(13)15-4)6(10)8(12)14-3/h5H,1-4H3/q+1. The summed E-state index contributed by atoms with van der Waals surface area (Å²) < 4.78 is 12.2. The molecule has 0 aliphatic rings. The van der Waals surface area contributed by atoms with Gasteiger partial charge in [-0.3, -0.25) is 0 Å². The molecule has 0 radical (unpaired) electrons. The number of methoxy groups -OCH3 is 2. The van der Waals surface area contributed by atoms with E-state index in [0.29, 0.717) is 0 Å². The second-order valence-electron chi connectivity index (χ2n) is 3.02. The maximum Gasteiger partial charge on any atom is 0.383 e. The molecular formula is C9H13N2O4+. The zero-order chi connectivity index (χ0) is 11.6. The minimum atomic E-state index is -0.571. The third-order valence-electron chi connectivity index (χ3n) is 2.03. The van der Waals surface area contributed by atoms with Crippen molar-refractivity contribution in [3.8, 4) is 0 Å². The molecule has 0 N–H and O–H groups in total. The summed E-state index contributed by atoms with van der Waals surface area (Å²) in [6.45, 7) is 0. The molecule has 0 fully saturated rings. The van der Waals surface area contributed by atoms with Crippen molar-refractivity contribution in [1.82, 2.24) is 4.57 Å². The first-order valence-electron chi connectivity index (χ1n) is 4.24. The minimum Gasteiger partial charge on any atom is -0.463 e. The maximum atomic E-state index is 11.4. The molecule has 0 spiro atoms. The molecule has 0 saturated carbocycles. The van der Waals surface area contributed by atoms with Gasteiger partial charge in [-0.05, 0) is 0 Å². The predicted octanol–water partition coefficient (Wildman–Crippen LogP) is -0.577. The van der Waals surface area contributed by atoms with Crippen molar-refractivity contribution >= 4 is 11.9 Å². The van der Waals surface area contributed by atoms with Crippen molar-refractivity contribution in [2.24, 2.45) is 14.1 Å². The van der Waals surface area contributed by atoms with Crippen LogP contribution in [0.5, 0.6) is 0 Å². The molecule has 0 unspecified atom stereocenters. The van der Waals surface area contributed by atoms with Gasteiger partial charge in [0.25, 0.3) is 11.4 Å². The summed E-state index contributed by atoms with van der Waals surface area (Å²) in [5, 5.41) is 0. The van der Waals surface area contributed by atoms with Crippen LogP contribution in [-0.4, -0.2) is 30.7 Å². The van der Waals surface area contributed by atoms with Crippen molar-refractivity contribution in [3.63, 3.8) is 0 Å². The van der Waals surface area contributed by atoms with E-state index in [0.717, 1.165) is 0 Å². The van der Waals surface area contributed by atoms with Crippen LogP contribution in [0.25, 0.3) is 0 Å². The number of carbonyl (C=O) groups is 2. The van der Waals surface area contributed by atoms with Crippen LogP contribution in [0.2, 0.25) is 0 Å². The Morgan fingerprint density at radius 3 is 2.27 bits per heavy atom. The van der Waals surface area contributed by atoms with Crippen molar-refractivity contribution in [2.45, 2.75) is 0 Å². The van der Waals surface area contributed by atoms with Crippen LogP contribution < -0.4 is 4.57 Å². The quantitative estimate of drug-likeness (QED) is 0.487. The molecule has 6 nitrogen and oxygen atoms in total. The number of carbonyl (C=O) groups excluding carboxylic acids is 2. The average Bonchev–Trinajstić information content (AvgIpc) is 2.51. The zero-order valence-electron chi connectivity index (χ0n) is 9.10. The van der Waals surface area contributed by atoms with Gasteiger partial charge in [-0.1, -0.05) is 0 Å². The van der Waals surface area contributed by atoms with E-state index in [1.165, 1.54) is 23.4 Å². The third kappa shape index (κ3) is 1.83. The third-order valence-corrected chi connectivity index (χ3v) is 2.03.